The predicted molar refractivity (Wildman–Crippen MR) is 79.4 cm³/mol. The van der Waals surface area contributed by atoms with Gasteiger partial charge in [-0.25, -0.2) is 0 Å². The summed E-state index contributed by atoms with van der Waals surface area (Å²) in [6.07, 6.45) is 0. The third-order valence-electron chi connectivity index (χ3n) is 2.84. The van der Waals surface area contributed by atoms with Gasteiger partial charge >= 0.3 is 0 Å². The van der Waals surface area contributed by atoms with Gasteiger partial charge < -0.3 is 15.4 Å². The second-order valence-corrected chi connectivity index (χ2v) is 4.62. The van der Waals surface area contributed by atoms with Crippen molar-refractivity contribution < 1.29 is 4.74 Å². The zero-order chi connectivity index (χ0) is 13.7. The number of rotatable bonds is 6. The van der Waals surface area contributed by atoms with Gasteiger partial charge in [0.2, 0.25) is 0 Å². The number of aryl methyl sites for hydroxylation is 2. The fourth-order valence-corrected chi connectivity index (χ4v) is 2.26. The fourth-order valence-electron chi connectivity index (χ4n) is 2.01. The van der Waals surface area contributed by atoms with Gasteiger partial charge in [0.15, 0.2) is 0 Å². The van der Waals surface area contributed by atoms with Gasteiger partial charge in [-0.05, 0) is 26.8 Å². The monoisotopic (exact) mass is 267 g/mol. The normalized spacial score (nSPS) is 10.4. The summed E-state index contributed by atoms with van der Waals surface area (Å²) in [5.41, 5.74) is 9.59. The van der Waals surface area contributed by atoms with Crippen LogP contribution in [0.3, 0.4) is 0 Å². The quantitative estimate of drug-likeness (QED) is 0.797. The molecule has 0 aliphatic carbocycles. The van der Waals surface area contributed by atoms with E-state index in [1.165, 1.54) is 0 Å². The summed E-state index contributed by atoms with van der Waals surface area (Å²) in [5.74, 6) is 0. The number of likely N-dealkylation sites (N-methyl/N-ethyl adjacent to an activating group) is 1. The molecule has 18 heavy (non-hydrogen) atoms. The number of anilines is 1. The molecule has 0 radical (unpaired) electrons. The Bertz CT molecular complexity index is 434. The molecule has 0 aliphatic rings. The van der Waals surface area contributed by atoms with Gasteiger partial charge in [-0.2, -0.15) is 0 Å². The molecule has 0 unspecified atom stereocenters. The summed E-state index contributed by atoms with van der Waals surface area (Å²) in [6.45, 7) is 8.38. The minimum Gasteiger partial charge on any atom is -0.389 e. The molecular weight excluding hydrogens is 246 g/mol. The van der Waals surface area contributed by atoms with Crippen molar-refractivity contribution in [3.8, 4) is 0 Å². The van der Waals surface area contributed by atoms with E-state index < -0.39 is 0 Å². The van der Waals surface area contributed by atoms with Gasteiger partial charge in [-0.3, -0.25) is 4.98 Å². The van der Waals surface area contributed by atoms with Crippen molar-refractivity contribution in [3.63, 3.8) is 0 Å². The molecule has 1 rings (SSSR count). The van der Waals surface area contributed by atoms with E-state index in [-0.39, 0.29) is 0 Å². The van der Waals surface area contributed by atoms with Crippen LogP contribution in [0.15, 0.2) is 6.07 Å². The third kappa shape index (κ3) is 3.40. The number of nitrogens with zero attached hydrogens (tertiary/aromatic N) is 2. The first-order chi connectivity index (χ1) is 8.51. The molecule has 0 atom stereocenters. The first-order valence-electron chi connectivity index (χ1n) is 6.03. The highest BCUT2D eigenvalue weighted by molar-refractivity contribution is 7.80. The van der Waals surface area contributed by atoms with Gasteiger partial charge in [-0.1, -0.05) is 12.2 Å². The molecule has 0 spiro atoms. The van der Waals surface area contributed by atoms with Gasteiger partial charge in [0, 0.05) is 31.6 Å². The van der Waals surface area contributed by atoms with Crippen molar-refractivity contribution in [2.24, 2.45) is 5.73 Å². The number of nitrogens with two attached hydrogens (primary N) is 1. The Morgan fingerprint density at radius 3 is 2.67 bits per heavy atom. The maximum atomic E-state index is 5.82. The Morgan fingerprint density at radius 2 is 2.17 bits per heavy atom. The molecule has 0 saturated heterocycles. The third-order valence-corrected chi connectivity index (χ3v) is 3.05. The van der Waals surface area contributed by atoms with E-state index in [2.05, 4.69) is 16.8 Å². The SMILES string of the molecule is CCN(CCOC)c1cc(C)nc(C)c1C(N)=S. The molecule has 0 bridgehead atoms. The van der Waals surface area contributed by atoms with Crippen molar-refractivity contribution in [2.75, 3.05) is 31.7 Å². The summed E-state index contributed by atoms with van der Waals surface area (Å²) >= 11 is 5.14. The molecule has 1 aromatic rings. The Labute approximate surface area is 114 Å². The lowest BCUT2D eigenvalue weighted by atomic mass is 10.1. The highest BCUT2D eigenvalue weighted by Gasteiger charge is 2.15. The summed E-state index contributed by atoms with van der Waals surface area (Å²) in [4.78, 5) is 7.03. The molecule has 0 fully saturated rings. The summed E-state index contributed by atoms with van der Waals surface area (Å²) < 4.78 is 5.14. The lowest BCUT2D eigenvalue weighted by Gasteiger charge is -2.26. The maximum Gasteiger partial charge on any atom is 0.107 e. The number of aromatic nitrogens is 1. The summed E-state index contributed by atoms with van der Waals surface area (Å²) in [7, 11) is 1.70. The zero-order valence-electron chi connectivity index (χ0n) is 11.5. The molecule has 1 heterocycles. The number of ether oxygens (including phenoxy) is 1. The first kappa shape index (κ1) is 14.9. The largest absolute Gasteiger partial charge is 0.389 e. The standard InChI is InChI=1S/C13H21N3OS/c1-5-16(6-7-17-4)11-8-9(2)15-10(3)12(11)13(14)18/h8H,5-7H2,1-4H3,(H2,14,18). The van der Waals surface area contributed by atoms with E-state index in [4.69, 9.17) is 22.7 Å². The second-order valence-electron chi connectivity index (χ2n) is 4.18. The van der Waals surface area contributed by atoms with Crippen LogP contribution in [0.25, 0.3) is 0 Å². The predicted octanol–water partition coefficient (Wildman–Crippen LogP) is 1.81. The van der Waals surface area contributed by atoms with E-state index >= 15 is 0 Å². The highest BCUT2D eigenvalue weighted by atomic mass is 32.1. The molecule has 2 N–H and O–H groups in total. The summed E-state index contributed by atoms with van der Waals surface area (Å²) in [6, 6.07) is 2.03. The van der Waals surface area contributed by atoms with Gasteiger partial charge in [-0.15, -0.1) is 0 Å². The van der Waals surface area contributed by atoms with E-state index in [0.29, 0.717) is 11.6 Å². The first-order valence-corrected chi connectivity index (χ1v) is 6.44. The van der Waals surface area contributed by atoms with Crippen LogP contribution in [-0.2, 0) is 4.74 Å². The molecule has 0 saturated carbocycles. The second kappa shape index (κ2) is 6.66. The van der Waals surface area contributed by atoms with Crippen LogP contribution in [0.1, 0.15) is 23.9 Å². The Morgan fingerprint density at radius 1 is 1.50 bits per heavy atom. The van der Waals surface area contributed by atoms with Crippen molar-refractivity contribution in [1.29, 1.82) is 0 Å². The molecule has 0 aromatic carbocycles. The number of hydrogen-bond acceptors (Lipinski definition) is 4. The van der Waals surface area contributed by atoms with Crippen LogP contribution in [0.4, 0.5) is 5.69 Å². The molecular formula is C13H21N3OS. The number of methoxy groups -OCH3 is 1. The van der Waals surface area contributed by atoms with Crippen molar-refractivity contribution in [2.45, 2.75) is 20.8 Å². The van der Waals surface area contributed by atoms with Crippen molar-refractivity contribution >= 4 is 22.9 Å². The van der Waals surface area contributed by atoms with Crippen LogP contribution in [0.2, 0.25) is 0 Å². The van der Waals surface area contributed by atoms with E-state index in [1.54, 1.807) is 7.11 Å². The van der Waals surface area contributed by atoms with Gasteiger partial charge in [0.25, 0.3) is 0 Å². The lowest BCUT2D eigenvalue weighted by molar-refractivity contribution is 0.205. The number of thiocarbonyl (C=S) groups is 1. The molecule has 5 heteroatoms. The minimum atomic E-state index is 0.394. The van der Waals surface area contributed by atoms with Crippen molar-refractivity contribution in [3.05, 3.63) is 23.0 Å². The maximum absolute atomic E-state index is 5.82. The Hall–Kier alpha value is -1.20. The zero-order valence-corrected chi connectivity index (χ0v) is 12.3. The average Bonchev–Trinajstić information content (AvgIpc) is 2.28. The number of pyridine rings is 1. The smallest absolute Gasteiger partial charge is 0.107 e. The van der Waals surface area contributed by atoms with Crippen LogP contribution < -0.4 is 10.6 Å². The molecule has 4 nitrogen and oxygen atoms in total. The molecule has 100 valence electrons. The van der Waals surface area contributed by atoms with Crippen LogP contribution in [0, 0.1) is 13.8 Å². The lowest BCUT2D eigenvalue weighted by Crippen LogP contribution is -2.30. The van der Waals surface area contributed by atoms with E-state index in [0.717, 1.165) is 35.7 Å². The Balaban J connectivity index is 3.22. The van der Waals surface area contributed by atoms with E-state index in [9.17, 15) is 0 Å². The van der Waals surface area contributed by atoms with Gasteiger partial charge in [0.05, 0.1) is 17.9 Å². The molecule has 0 amide bonds. The average molecular weight is 267 g/mol. The molecule has 1 aromatic heterocycles. The van der Waals surface area contributed by atoms with Crippen LogP contribution in [0.5, 0.6) is 0 Å². The van der Waals surface area contributed by atoms with Crippen LogP contribution in [-0.4, -0.2) is 36.8 Å². The minimum absolute atomic E-state index is 0.394. The topological polar surface area (TPSA) is 51.4 Å². The number of hydrogen-bond donors (Lipinski definition) is 1. The Kier molecular flexibility index (Phi) is 5.50. The van der Waals surface area contributed by atoms with Crippen molar-refractivity contribution in [1.82, 2.24) is 4.98 Å². The highest BCUT2D eigenvalue weighted by Crippen LogP contribution is 2.23. The summed E-state index contributed by atoms with van der Waals surface area (Å²) in [5, 5.41) is 0. The van der Waals surface area contributed by atoms with E-state index in [1.807, 2.05) is 19.9 Å². The molecule has 0 aliphatic heterocycles. The van der Waals surface area contributed by atoms with Crippen LogP contribution >= 0.6 is 12.2 Å². The van der Waals surface area contributed by atoms with Gasteiger partial charge in [0.1, 0.15) is 4.99 Å². The fraction of sp³-hybridized carbons (Fsp3) is 0.538.